The summed E-state index contributed by atoms with van der Waals surface area (Å²) >= 11 is 0. The van der Waals surface area contributed by atoms with Crippen LogP contribution in [0.25, 0.3) is 5.69 Å². The van der Waals surface area contributed by atoms with E-state index < -0.39 is 0 Å². The fraction of sp³-hybridized carbons (Fsp3) is 0.471. The first kappa shape index (κ1) is 14.1. The van der Waals surface area contributed by atoms with Crippen molar-refractivity contribution in [2.24, 2.45) is 0 Å². The zero-order chi connectivity index (χ0) is 14.8. The van der Waals surface area contributed by atoms with Crippen molar-refractivity contribution in [1.82, 2.24) is 15.1 Å². The van der Waals surface area contributed by atoms with Gasteiger partial charge in [-0.05, 0) is 57.4 Å². The molecule has 1 aromatic carbocycles. The maximum Gasteiger partial charge on any atom is 0.144 e. The molecule has 0 unspecified atom stereocenters. The molecule has 1 fully saturated rings. The number of hydrogen-bond donors (Lipinski definition) is 1. The van der Waals surface area contributed by atoms with Crippen LogP contribution in [0.15, 0.2) is 24.3 Å². The summed E-state index contributed by atoms with van der Waals surface area (Å²) in [7, 11) is 1.70. The summed E-state index contributed by atoms with van der Waals surface area (Å²) in [6.45, 7) is 5.26. The zero-order valence-electron chi connectivity index (χ0n) is 13.0. The first-order chi connectivity index (χ1) is 10.2. The molecule has 1 aliphatic carbocycles. The van der Waals surface area contributed by atoms with Gasteiger partial charge >= 0.3 is 0 Å². The topological polar surface area (TPSA) is 39.1 Å². The van der Waals surface area contributed by atoms with E-state index in [1.807, 2.05) is 28.9 Å². The zero-order valence-corrected chi connectivity index (χ0v) is 13.0. The summed E-state index contributed by atoms with van der Waals surface area (Å²) in [5.74, 6) is 0.853. The molecule has 2 aromatic rings. The second-order valence-electron chi connectivity index (χ2n) is 5.71. The van der Waals surface area contributed by atoms with E-state index in [1.165, 1.54) is 24.1 Å². The Morgan fingerprint density at radius 1 is 1.29 bits per heavy atom. The second kappa shape index (κ2) is 5.90. The predicted octanol–water partition coefficient (Wildman–Crippen LogP) is 2.79. The average Bonchev–Trinajstić information content (AvgIpc) is 3.28. The van der Waals surface area contributed by atoms with Gasteiger partial charge in [-0.15, -0.1) is 0 Å². The quantitative estimate of drug-likeness (QED) is 0.887. The summed E-state index contributed by atoms with van der Waals surface area (Å²) in [6, 6.07) is 8.77. The number of benzene rings is 1. The van der Waals surface area contributed by atoms with Crippen LogP contribution in [-0.4, -0.2) is 29.5 Å². The Morgan fingerprint density at radius 2 is 2.05 bits per heavy atom. The first-order valence-corrected chi connectivity index (χ1v) is 7.62. The van der Waals surface area contributed by atoms with Crippen molar-refractivity contribution < 1.29 is 4.74 Å². The highest BCUT2D eigenvalue weighted by Crippen LogP contribution is 2.26. The molecule has 0 radical (unpaired) electrons. The lowest BCUT2D eigenvalue weighted by atomic mass is 10.1. The summed E-state index contributed by atoms with van der Waals surface area (Å²) in [5, 5.41) is 8.28. The molecule has 0 amide bonds. The maximum atomic E-state index is 5.45. The first-order valence-electron chi connectivity index (χ1n) is 7.62. The minimum atomic E-state index is 0.759. The molecule has 1 aromatic heterocycles. The summed E-state index contributed by atoms with van der Waals surface area (Å²) in [5.41, 5.74) is 4.65. The van der Waals surface area contributed by atoms with Gasteiger partial charge in [0, 0.05) is 11.7 Å². The molecule has 1 N–H and O–H groups in total. The molecular formula is C17H23N3O. The van der Waals surface area contributed by atoms with Crippen LogP contribution in [0.2, 0.25) is 0 Å². The molecule has 1 aliphatic rings. The highest BCUT2D eigenvalue weighted by Gasteiger charge is 2.21. The lowest BCUT2D eigenvalue weighted by Crippen LogP contribution is -2.19. The van der Waals surface area contributed by atoms with Gasteiger partial charge in [-0.3, -0.25) is 0 Å². The summed E-state index contributed by atoms with van der Waals surface area (Å²) in [6.07, 6.45) is 3.69. The standard InChI is InChI=1S/C17H23N3O/c1-12-15(10-11-18-14-8-9-14)13(2)20(19-12)16-6-4-5-7-17(16)21-3/h4-7,14,18H,8-11H2,1-3H3. The van der Waals surface area contributed by atoms with Crippen molar-refractivity contribution in [1.29, 1.82) is 0 Å². The molecule has 0 saturated heterocycles. The number of aryl methyl sites for hydroxylation is 1. The van der Waals surface area contributed by atoms with Gasteiger partial charge in [0.2, 0.25) is 0 Å². The number of aromatic nitrogens is 2. The molecule has 1 heterocycles. The molecule has 3 rings (SSSR count). The minimum Gasteiger partial charge on any atom is -0.494 e. The van der Waals surface area contributed by atoms with Gasteiger partial charge in [0.15, 0.2) is 0 Å². The Bertz CT molecular complexity index is 629. The van der Waals surface area contributed by atoms with E-state index in [1.54, 1.807) is 7.11 Å². The van der Waals surface area contributed by atoms with Crippen molar-refractivity contribution >= 4 is 0 Å². The third-order valence-corrected chi connectivity index (χ3v) is 4.14. The van der Waals surface area contributed by atoms with Crippen LogP contribution in [-0.2, 0) is 6.42 Å². The molecule has 1 saturated carbocycles. The van der Waals surface area contributed by atoms with Crippen molar-refractivity contribution in [2.45, 2.75) is 39.2 Å². The minimum absolute atomic E-state index is 0.759. The lowest BCUT2D eigenvalue weighted by Gasteiger charge is -2.10. The molecule has 21 heavy (non-hydrogen) atoms. The van der Waals surface area contributed by atoms with Gasteiger partial charge in [-0.2, -0.15) is 5.10 Å². The van der Waals surface area contributed by atoms with Crippen LogP contribution in [0.5, 0.6) is 5.75 Å². The number of methoxy groups -OCH3 is 1. The Labute approximate surface area is 126 Å². The molecule has 112 valence electrons. The fourth-order valence-electron chi connectivity index (χ4n) is 2.76. The van der Waals surface area contributed by atoms with Gasteiger partial charge in [0.05, 0.1) is 12.8 Å². The van der Waals surface area contributed by atoms with Gasteiger partial charge in [-0.25, -0.2) is 4.68 Å². The number of rotatable bonds is 6. The monoisotopic (exact) mass is 285 g/mol. The van der Waals surface area contributed by atoms with E-state index in [0.717, 1.165) is 36.1 Å². The number of para-hydroxylation sites is 2. The highest BCUT2D eigenvalue weighted by molar-refractivity contribution is 5.48. The van der Waals surface area contributed by atoms with E-state index >= 15 is 0 Å². The molecule has 0 aliphatic heterocycles. The SMILES string of the molecule is COc1ccccc1-n1nc(C)c(CCNC2CC2)c1C. The van der Waals surface area contributed by atoms with Crippen LogP contribution in [0.1, 0.15) is 29.8 Å². The van der Waals surface area contributed by atoms with E-state index in [9.17, 15) is 0 Å². The van der Waals surface area contributed by atoms with Gasteiger partial charge < -0.3 is 10.1 Å². The Hall–Kier alpha value is -1.81. The van der Waals surface area contributed by atoms with E-state index in [2.05, 4.69) is 19.2 Å². The third kappa shape index (κ3) is 2.95. The summed E-state index contributed by atoms with van der Waals surface area (Å²) < 4.78 is 7.45. The third-order valence-electron chi connectivity index (χ3n) is 4.14. The highest BCUT2D eigenvalue weighted by atomic mass is 16.5. The normalized spacial score (nSPS) is 14.4. The van der Waals surface area contributed by atoms with Gasteiger partial charge in [0.25, 0.3) is 0 Å². The number of hydrogen-bond acceptors (Lipinski definition) is 3. The smallest absolute Gasteiger partial charge is 0.144 e. The molecule has 0 bridgehead atoms. The Balaban J connectivity index is 1.85. The molecule has 0 spiro atoms. The van der Waals surface area contributed by atoms with Crippen LogP contribution < -0.4 is 10.1 Å². The largest absolute Gasteiger partial charge is 0.494 e. The molecule has 0 atom stereocenters. The number of nitrogens with one attached hydrogen (secondary N) is 1. The van der Waals surface area contributed by atoms with E-state index in [4.69, 9.17) is 9.84 Å². The van der Waals surface area contributed by atoms with Crippen molar-refractivity contribution in [2.75, 3.05) is 13.7 Å². The van der Waals surface area contributed by atoms with Crippen LogP contribution in [0.3, 0.4) is 0 Å². The molecule has 4 nitrogen and oxygen atoms in total. The van der Waals surface area contributed by atoms with Crippen LogP contribution >= 0.6 is 0 Å². The Kier molecular flexibility index (Phi) is 3.97. The van der Waals surface area contributed by atoms with Crippen molar-refractivity contribution in [3.63, 3.8) is 0 Å². The summed E-state index contributed by atoms with van der Waals surface area (Å²) in [4.78, 5) is 0. The Morgan fingerprint density at radius 3 is 2.76 bits per heavy atom. The second-order valence-corrected chi connectivity index (χ2v) is 5.71. The fourth-order valence-corrected chi connectivity index (χ4v) is 2.76. The van der Waals surface area contributed by atoms with Crippen molar-refractivity contribution in [3.8, 4) is 11.4 Å². The van der Waals surface area contributed by atoms with Crippen LogP contribution in [0, 0.1) is 13.8 Å². The molecular weight excluding hydrogens is 262 g/mol. The molecule has 4 heteroatoms. The lowest BCUT2D eigenvalue weighted by molar-refractivity contribution is 0.411. The maximum absolute atomic E-state index is 5.45. The number of ether oxygens (including phenoxy) is 1. The van der Waals surface area contributed by atoms with Crippen LogP contribution in [0.4, 0.5) is 0 Å². The van der Waals surface area contributed by atoms with Crippen molar-refractivity contribution in [3.05, 3.63) is 41.2 Å². The van der Waals surface area contributed by atoms with E-state index in [-0.39, 0.29) is 0 Å². The number of nitrogens with zero attached hydrogens (tertiary/aromatic N) is 2. The van der Waals surface area contributed by atoms with Gasteiger partial charge in [-0.1, -0.05) is 12.1 Å². The predicted molar refractivity (Wildman–Crippen MR) is 84.3 cm³/mol. The average molecular weight is 285 g/mol. The van der Waals surface area contributed by atoms with E-state index in [0.29, 0.717) is 0 Å². The van der Waals surface area contributed by atoms with Gasteiger partial charge in [0.1, 0.15) is 11.4 Å².